The summed E-state index contributed by atoms with van der Waals surface area (Å²) in [5.74, 6) is -0.466. The Bertz CT molecular complexity index is 1300. The lowest BCUT2D eigenvalue weighted by Gasteiger charge is -2.10. The van der Waals surface area contributed by atoms with Gasteiger partial charge in [-0.25, -0.2) is 16.8 Å². The van der Waals surface area contributed by atoms with Crippen LogP contribution in [0.5, 0.6) is 0 Å². The van der Waals surface area contributed by atoms with E-state index in [1.54, 1.807) is 42.5 Å². The number of hydrogen-bond donors (Lipinski definition) is 3. The number of amides is 1. The van der Waals surface area contributed by atoms with Crippen molar-refractivity contribution in [3.8, 4) is 0 Å². The van der Waals surface area contributed by atoms with Gasteiger partial charge in [0.05, 0.1) is 16.8 Å². The predicted molar refractivity (Wildman–Crippen MR) is 121 cm³/mol. The fourth-order valence-electron chi connectivity index (χ4n) is 2.70. The molecule has 0 heterocycles. The van der Waals surface area contributed by atoms with Crippen LogP contribution in [0.2, 0.25) is 0 Å². The van der Waals surface area contributed by atoms with Crippen LogP contribution in [0.15, 0.2) is 77.7 Å². The fraction of sp³-hybridized carbons (Fsp3) is 0.0952. The van der Waals surface area contributed by atoms with Gasteiger partial charge in [0.15, 0.2) is 0 Å². The molecule has 0 atom stereocenters. The normalized spacial score (nSPS) is 11.5. The van der Waals surface area contributed by atoms with Gasteiger partial charge in [0, 0.05) is 16.9 Å². The summed E-state index contributed by atoms with van der Waals surface area (Å²) in [6.07, 6.45) is 1.03. The van der Waals surface area contributed by atoms with Gasteiger partial charge in [-0.1, -0.05) is 23.8 Å². The minimum absolute atomic E-state index is 0.0176. The maximum Gasteiger partial charge on any atom is 0.261 e. The van der Waals surface area contributed by atoms with Crippen molar-refractivity contribution in [1.29, 1.82) is 0 Å². The first kappa shape index (κ1) is 22.3. The molecule has 0 bridgehead atoms. The number of carbonyl (C=O) groups is 1. The highest BCUT2D eigenvalue weighted by Gasteiger charge is 2.15. The number of rotatable bonds is 7. The predicted octanol–water partition coefficient (Wildman–Crippen LogP) is 3.42. The zero-order valence-corrected chi connectivity index (χ0v) is 18.4. The summed E-state index contributed by atoms with van der Waals surface area (Å²) in [5, 5.41) is 2.65. The van der Waals surface area contributed by atoms with E-state index in [9.17, 15) is 21.6 Å². The molecule has 0 aliphatic rings. The van der Waals surface area contributed by atoms with Gasteiger partial charge in [-0.05, 0) is 61.5 Å². The Morgan fingerprint density at radius 3 is 1.97 bits per heavy atom. The number of hydrogen-bond acceptors (Lipinski definition) is 5. The number of benzene rings is 3. The van der Waals surface area contributed by atoms with Crippen LogP contribution in [0.25, 0.3) is 0 Å². The average Bonchev–Trinajstić information content (AvgIpc) is 2.69. The van der Waals surface area contributed by atoms with Crippen LogP contribution in [0.1, 0.15) is 15.9 Å². The van der Waals surface area contributed by atoms with Gasteiger partial charge in [-0.2, -0.15) is 0 Å². The molecule has 0 fully saturated rings. The third-order valence-corrected chi connectivity index (χ3v) is 6.16. The molecular formula is C21H21N3O5S2. The van der Waals surface area contributed by atoms with Gasteiger partial charge in [0.2, 0.25) is 10.0 Å². The van der Waals surface area contributed by atoms with Crippen molar-refractivity contribution in [2.24, 2.45) is 0 Å². The summed E-state index contributed by atoms with van der Waals surface area (Å²) in [6.45, 7) is 1.90. The second-order valence-electron chi connectivity index (χ2n) is 6.91. The summed E-state index contributed by atoms with van der Waals surface area (Å²) in [5.41, 5.74) is 2.39. The van der Waals surface area contributed by atoms with Crippen LogP contribution in [-0.4, -0.2) is 29.0 Å². The minimum Gasteiger partial charge on any atom is -0.322 e. The molecule has 3 N–H and O–H groups in total. The van der Waals surface area contributed by atoms with Crippen LogP contribution in [-0.2, 0) is 20.0 Å². The minimum atomic E-state index is -3.80. The zero-order valence-electron chi connectivity index (χ0n) is 16.8. The number of anilines is 3. The van der Waals surface area contributed by atoms with Crippen molar-refractivity contribution in [1.82, 2.24) is 0 Å². The average molecular weight is 460 g/mol. The van der Waals surface area contributed by atoms with E-state index >= 15 is 0 Å². The highest BCUT2D eigenvalue weighted by atomic mass is 32.2. The molecule has 0 aromatic heterocycles. The summed E-state index contributed by atoms with van der Waals surface area (Å²) in [4.78, 5) is 12.5. The Labute approximate surface area is 181 Å². The lowest BCUT2D eigenvalue weighted by Crippen LogP contribution is -2.15. The smallest absolute Gasteiger partial charge is 0.261 e. The van der Waals surface area contributed by atoms with E-state index in [0.29, 0.717) is 17.1 Å². The molecule has 8 nitrogen and oxygen atoms in total. The van der Waals surface area contributed by atoms with Crippen LogP contribution < -0.4 is 14.8 Å². The standard InChI is InChI=1S/C21H21N3O5S2/c1-15-6-10-17(11-7-15)24-31(28,29)20-12-8-16(9-13-20)21(25)22-18-4-3-5-19(14-18)23-30(2,26)27/h3-14,23-24H,1-2H3,(H,22,25). The Morgan fingerprint density at radius 2 is 1.35 bits per heavy atom. The van der Waals surface area contributed by atoms with E-state index in [-0.39, 0.29) is 10.5 Å². The van der Waals surface area contributed by atoms with Crippen molar-refractivity contribution in [2.75, 3.05) is 21.0 Å². The molecule has 0 unspecified atom stereocenters. The molecule has 0 aliphatic carbocycles. The Kier molecular flexibility index (Phi) is 6.32. The number of carbonyl (C=O) groups excluding carboxylic acids is 1. The van der Waals surface area contributed by atoms with E-state index < -0.39 is 26.0 Å². The first-order valence-electron chi connectivity index (χ1n) is 9.11. The molecule has 10 heteroatoms. The lowest BCUT2D eigenvalue weighted by molar-refractivity contribution is 0.102. The maximum atomic E-state index is 12.5. The van der Waals surface area contributed by atoms with E-state index in [1.165, 1.54) is 30.3 Å². The van der Waals surface area contributed by atoms with Crippen molar-refractivity contribution >= 4 is 43.0 Å². The molecule has 0 aliphatic heterocycles. The van der Waals surface area contributed by atoms with Gasteiger partial charge in [0.1, 0.15) is 0 Å². The molecule has 31 heavy (non-hydrogen) atoms. The maximum absolute atomic E-state index is 12.5. The molecule has 0 saturated heterocycles. The zero-order chi connectivity index (χ0) is 22.6. The SMILES string of the molecule is Cc1ccc(NS(=O)(=O)c2ccc(C(=O)Nc3cccc(NS(C)(=O)=O)c3)cc2)cc1. The van der Waals surface area contributed by atoms with Gasteiger partial charge < -0.3 is 5.32 Å². The first-order valence-corrected chi connectivity index (χ1v) is 12.5. The highest BCUT2D eigenvalue weighted by molar-refractivity contribution is 7.92. The molecule has 162 valence electrons. The van der Waals surface area contributed by atoms with Gasteiger partial charge in [-0.3, -0.25) is 14.2 Å². The van der Waals surface area contributed by atoms with E-state index in [1.807, 2.05) is 6.92 Å². The highest BCUT2D eigenvalue weighted by Crippen LogP contribution is 2.19. The first-order chi connectivity index (χ1) is 14.5. The Balaban J connectivity index is 1.71. The second-order valence-corrected chi connectivity index (χ2v) is 10.3. The van der Waals surface area contributed by atoms with Gasteiger partial charge in [-0.15, -0.1) is 0 Å². The number of nitrogens with one attached hydrogen (secondary N) is 3. The molecule has 3 aromatic carbocycles. The van der Waals surface area contributed by atoms with Gasteiger partial charge >= 0.3 is 0 Å². The molecule has 0 spiro atoms. The molecule has 3 aromatic rings. The molecular weight excluding hydrogens is 438 g/mol. The lowest BCUT2D eigenvalue weighted by atomic mass is 10.2. The summed E-state index contributed by atoms with van der Waals surface area (Å²) in [7, 11) is -7.24. The summed E-state index contributed by atoms with van der Waals surface area (Å²) in [6, 6.07) is 18.6. The number of sulfonamides is 2. The van der Waals surface area contributed by atoms with Crippen molar-refractivity contribution < 1.29 is 21.6 Å². The fourth-order valence-corrected chi connectivity index (χ4v) is 4.31. The van der Waals surface area contributed by atoms with Crippen molar-refractivity contribution in [3.63, 3.8) is 0 Å². The van der Waals surface area contributed by atoms with Crippen LogP contribution in [0, 0.1) is 6.92 Å². The van der Waals surface area contributed by atoms with Gasteiger partial charge in [0.25, 0.3) is 15.9 Å². The van der Waals surface area contributed by atoms with Crippen LogP contribution >= 0.6 is 0 Å². The molecule has 0 radical (unpaired) electrons. The Hall–Kier alpha value is -3.37. The summed E-state index contributed by atoms with van der Waals surface area (Å²) < 4.78 is 52.6. The van der Waals surface area contributed by atoms with E-state index in [4.69, 9.17) is 0 Å². The Morgan fingerprint density at radius 1 is 0.742 bits per heavy atom. The molecule has 1 amide bonds. The van der Waals surface area contributed by atoms with Crippen LogP contribution in [0.3, 0.4) is 0 Å². The largest absolute Gasteiger partial charge is 0.322 e. The third-order valence-electron chi connectivity index (χ3n) is 4.15. The van der Waals surface area contributed by atoms with E-state index in [2.05, 4.69) is 14.8 Å². The van der Waals surface area contributed by atoms with E-state index in [0.717, 1.165) is 11.8 Å². The monoisotopic (exact) mass is 459 g/mol. The van der Waals surface area contributed by atoms with Crippen LogP contribution in [0.4, 0.5) is 17.1 Å². The quantitative estimate of drug-likeness (QED) is 0.500. The number of aryl methyl sites for hydroxylation is 1. The topological polar surface area (TPSA) is 121 Å². The van der Waals surface area contributed by atoms with Crippen molar-refractivity contribution in [3.05, 3.63) is 83.9 Å². The van der Waals surface area contributed by atoms with Crippen molar-refractivity contribution in [2.45, 2.75) is 11.8 Å². The second kappa shape index (κ2) is 8.78. The molecule has 0 saturated carbocycles. The third kappa shape index (κ3) is 6.30. The summed E-state index contributed by atoms with van der Waals surface area (Å²) >= 11 is 0. The molecule has 3 rings (SSSR count).